The molecule has 1 aliphatic heterocycles. The third-order valence-corrected chi connectivity index (χ3v) is 6.78. The van der Waals surface area contributed by atoms with Crippen LogP contribution in [0.2, 0.25) is 5.02 Å². The first-order chi connectivity index (χ1) is 11.1. The standard InChI is InChI=1S/C16H15ClO4S2/c17-13-10-14-15(21-7-6-20-14)11-16(13)22-8-9-23(18,19)12-4-2-1-3-5-12/h1-5,10-11H,6-9H2. The van der Waals surface area contributed by atoms with Gasteiger partial charge >= 0.3 is 0 Å². The van der Waals surface area contributed by atoms with Crippen molar-refractivity contribution in [1.29, 1.82) is 0 Å². The quantitative estimate of drug-likeness (QED) is 0.751. The van der Waals surface area contributed by atoms with E-state index in [9.17, 15) is 8.42 Å². The molecular formula is C16H15ClO4S2. The second kappa shape index (κ2) is 7.03. The van der Waals surface area contributed by atoms with Crippen LogP contribution in [-0.4, -0.2) is 33.1 Å². The summed E-state index contributed by atoms with van der Waals surface area (Å²) >= 11 is 7.62. The van der Waals surface area contributed by atoms with E-state index in [4.69, 9.17) is 21.1 Å². The van der Waals surface area contributed by atoms with E-state index in [1.54, 1.807) is 42.5 Å². The molecular weight excluding hydrogens is 356 g/mol. The molecule has 122 valence electrons. The molecule has 0 radical (unpaired) electrons. The minimum atomic E-state index is -3.28. The summed E-state index contributed by atoms with van der Waals surface area (Å²) in [6.45, 7) is 1.01. The topological polar surface area (TPSA) is 52.6 Å². The fourth-order valence-corrected chi connectivity index (χ4v) is 5.11. The lowest BCUT2D eigenvalue weighted by molar-refractivity contribution is 0.171. The molecule has 3 rings (SSSR count). The highest BCUT2D eigenvalue weighted by atomic mass is 35.5. The first-order valence-electron chi connectivity index (χ1n) is 7.06. The number of rotatable bonds is 5. The Bertz CT molecular complexity index is 791. The lowest BCUT2D eigenvalue weighted by atomic mass is 10.3. The molecule has 0 N–H and O–H groups in total. The molecule has 0 unspecified atom stereocenters. The van der Waals surface area contributed by atoms with E-state index < -0.39 is 9.84 Å². The Balaban J connectivity index is 1.67. The maximum absolute atomic E-state index is 12.2. The van der Waals surface area contributed by atoms with Crippen LogP contribution in [-0.2, 0) is 9.84 Å². The van der Waals surface area contributed by atoms with Crippen LogP contribution >= 0.6 is 23.4 Å². The van der Waals surface area contributed by atoms with Gasteiger partial charge in [0.05, 0.1) is 15.7 Å². The molecule has 0 amide bonds. The SMILES string of the molecule is O=S(=O)(CCSc1cc2c(cc1Cl)OCCO2)c1ccccc1. The Morgan fingerprint density at radius 1 is 1.04 bits per heavy atom. The summed E-state index contributed by atoms with van der Waals surface area (Å²) in [6, 6.07) is 12.0. The minimum absolute atomic E-state index is 0.0481. The number of benzene rings is 2. The summed E-state index contributed by atoms with van der Waals surface area (Å²) in [4.78, 5) is 1.13. The molecule has 4 nitrogen and oxygen atoms in total. The molecule has 7 heteroatoms. The van der Waals surface area contributed by atoms with Crippen LogP contribution in [0.4, 0.5) is 0 Å². The van der Waals surface area contributed by atoms with Crippen molar-refractivity contribution in [3.8, 4) is 11.5 Å². The number of ether oxygens (including phenoxy) is 2. The molecule has 0 spiro atoms. The van der Waals surface area contributed by atoms with Gasteiger partial charge in [-0.25, -0.2) is 8.42 Å². The van der Waals surface area contributed by atoms with Crippen LogP contribution in [0.15, 0.2) is 52.3 Å². The normalized spacial score (nSPS) is 13.8. The van der Waals surface area contributed by atoms with Gasteiger partial charge in [0.25, 0.3) is 0 Å². The Morgan fingerprint density at radius 2 is 1.70 bits per heavy atom. The molecule has 1 aliphatic rings. The highest BCUT2D eigenvalue weighted by molar-refractivity contribution is 8.00. The fourth-order valence-electron chi connectivity index (χ4n) is 2.16. The lowest BCUT2D eigenvalue weighted by Gasteiger charge is -2.19. The maximum atomic E-state index is 12.2. The van der Waals surface area contributed by atoms with Gasteiger partial charge in [0.1, 0.15) is 13.2 Å². The van der Waals surface area contributed by atoms with Crippen LogP contribution in [0.5, 0.6) is 11.5 Å². The van der Waals surface area contributed by atoms with Gasteiger partial charge in [-0.1, -0.05) is 29.8 Å². The molecule has 2 aromatic carbocycles. The summed E-state index contributed by atoms with van der Waals surface area (Å²) in [5.41, 5.74) is 0. The number of sulfone groups is 1. The van der Waals surface area contributed by atoms with Crippen molar-refractivity contribution in [1.82, 2.24) is 0 Å². The number of halogens is 1. The summed E-state index contributed by atoms with van der Waals surface area (Å²) in [7, 11) is -3.28. The van der Waals surface area contributed by atoms with E-state index in [2.05, 4.69) is 0 Å². The lowest BCUT2D eigenvalue weighted by Crippen LogP contribution is -2.15. The van der Waals surface area contributed by atoms with Gasteiger partial charge in [0.15, 0.2) is 21.3 Å². The molecule has 23 heavy (non-hydrogen) atoms. The van der Waals surface area contributed by atoms with Gasteiger partial charge in [0, 0.05) is 16.7 Å². The Kier molecular flexibility index (Phi) is 5.04. The predicted octanol–water partition coefficient (Wildman–Crippen LogP) is 3.68. The highest BCUT2D eigenvalue weighted by Crippen LogP contribution is 2.39. The van der Waals surface area contributed by atoms with E-state index in [1.807, 2.05) is 0 Å². The van der Waals surface area contributed by atoms with Crippen molar-refractivity contribution in [2.24, 2.45) is 0 Å². The van der Waals surface area contributed by atoms with Crippen molar-refractivity contribution in [3.05, 3.63) is 47.5 Å². The van der Waals surface area contributed by atoms with Crippen molar-refractivity contribution < 1.29 is 17.9 Å². The number of thioether (sulfide) groups is 1. The summed E-state index contributed by atoms with van der Waals surface area (Å²) in [5, 5.41) is 0.538. The first kappa shape index (κ1) is 16.5. The molecule has 0 saturated heterocycles. The number of hydrogen-bond donors (Lipinski definition) is 0. The summed E-state index contributed by atoms with van der Waals surface area (Å²) in [6.07, 6.45) is 0. The smallest absolute Gasteiger partial charge is 0.179 e. The Hall–Kier alpha value is -1.37. The maximum Gasteiger partial charge on any atom is 0.179 e. The first-order valence-corrected chi connectivity index (χ1v) is 10.1. The zero-order valence-corrected chi connectivity index (χ0v) is 14.6. The predicted molar refractivity (Wildman–Crippen MR) is 91.7 cm³/mol. The molecule has 0 saturated carbocycles. The van der Waals surface area contributed by atoms with Gasteiger partial charge in [-0.15, -0.1) is 11.8 Å². The van der Waals surface area contributed by atoms with Gasteiger partial charge in [-0.2, -0.15) is 0 Å². The molecule has 0 fully saturated rings. The van der Waals surface area contributed by atoms with Crippen LogP contribution in [0.3, 0.4) is 0 Å². The van der Waals surface area contributed by atoms with Crippen LogP contribution in [0.25, 0.3) is 0 Å². The number of hydrogen-bond acceptors (Lipinski definition) is 5. The zero-order chi connectivity index (χ0) is 16.3. The molecule has 0 bridgehead atoms. The van der Waals surface area contributed by atoms with Crippen molar-refractivity contribution in [3.63, 3.8) is 0 Å². The molecule has 2 aromatic rings. The molecule has 0 atom stereocenters. The largest absolute Gasteiger partial charge is 0.486 e. The van der Waals surface area contributed by atoms with Crippen molar-refractivity contribution in [2.45, 2.75) is 9.79 Å². The van der Waals surface area contributed by atoms with Crippen LogP contribution in [0, 0.1) is 0 Å². The zero-order valence-electron chi connectivity index (χ0n) is 12.2. The van der Waals surface area contributed by atoms with Gasteiger partial charge in [0.2, 0.25) is 0 Å². The molecule has 1 heterocycles. The van der Waals surface area contributed by atoms with Gasteiger partial charge in [-0.3, -0.25) is 0 Å². The monoisotopic (exact) mass is 370 g/mol. The fraction of sp³-hybridized carbons (Fsp3) is 0.250. The van der Waals surface area contributed by atoms with E-state index in [-0.39, 0.29) is 5.75 Å². The number of fused-ring (bicyclic) bond motifs is 1. The summed E-state index contributed by atoms with van der Waals surface area (Å²) < 4.78 is 35.5. The van der Waals surface area contributed by atoms with Crippen molar-refractivity contribution >= 4 is 33.2 Å². The average molecular weight is 371 g/mol. The second-order valence-corrected chi connectivity index (χ2v) is 8.56. The summed E-state index contributed by atoms with van der Waals surface area (Å²) in [5.74, 6) is 1.74. The third kappa shape index (κ3) is 3.94. The van der Waals surface area contributed by atoms with Crippen LogP contribution < -0.4 is 9.47 Å². The third-order valence-electron chi connectivity index (χ3n) is 3.31. The van der Waals surface area contributed by atoms with Crippen molar-refractivity contribution in [2.75, 3.05) is 24.7 Å². The van der Waals surface area contributed by atoms with E-state index in [0.717, 1.165) is 4.90 Å². The molecule has 0 aliphatic carbocycles. The van der Waals surface area contributed by atoms with E-state index in [0.29, 0.717) is 40.4 Å². The van der Waals surface area contributed by atoms with Gasteiger partial charge < -0.3 is 9.47 Å². The average Bonchev–Trinajstić information content (AvgIpc) is 2.56. The van der Waals surface area contributed by atoms with Crippen LogP contribution in [0.1, 0.15) is 0 Å². The Morgan fingerprint density at radius 3 is 2.39 bits per heavy atom. The Labute approximate surface area is 144 Å². The van der Waals surface area contributed by atoms with Gasteiger partial charge in [-0.05, 0) is 18.2 Å². The van der Waals surface area contributed by atoms with E-state index >= 15 is 0 Å². The highest BCUT2D eigenvalue weighted by Gasteiger charge is 2.17. The minimum Gasteiger partial charge on any atom is -0.486 e. The second-order valence-electron chi connectivity index (χ2n) is 4.91. The molecule has 0 aromatic heterocycles. The van der Waals surface area contributed by atoms with E-state index in [1.165, 1.54) is 11.8 Å².